The molecular formula is C16H22N4. The Labute approximate surface area is 120 Å². The van der Waals surface area contributed by atoms with Crippen LogP contribution in [0.3, 0.4) is 0 Å². The first-order valence-corrected chi connectivity index (χ1v) is 7.49. The van der Waals surface area contributed by atoms with Crippen LogP contribution < -0.4 is 10.2 Å². The third kappa shape index (κ3) is 2.61. The lowest BCUT2D eigenvalue weighted by molar-refractivity contribution is 0.429. The molecule has 3 rings (SSSR count). The minimum Gasteiger partial charge on any atom is -0.354 e. The number of piperidine rings is 1. The molecule has 4 nitrogen and oxygen atoms in total. The molecule has 1 aromatic heterocycles. The Morgan fingerprint density at radius 1 is 1.25 bits per heavy atom. The van der Waals surface area contributed by atoms with E-state index in [0.717, 1.165) is 42.2 Å². The van der Waals surface area contributed by atoms with Gasteiger partial charge >= 0.3 is 0 Å². The molecule has 106 valence electrons. The van der Waals surface area contributed by atoms with Crippen molar-refractivity contribution in [3.63, 3.8) is 0 Å². The molecule has 1 fully saturated rings. The van der Waals surface area contributed by atoms with E-state index in [2.05, 4.69) is 24.1 Å². The fraction of sp³-hybridized carbons (Fsp3) is 0.500. The van der Waals surface area contributed by atoms with Crippen LogP contribution in [0.5, 0.6) is 0 Å². The number of nitrogens with zero attached hydrogens (tertiary/aromatic N) is 3. The summed E-state index contributed by atoms with van der Waals surface area (Å²) >= 11 is 0. The van der Waals surface area contributed by atoms with E-state index < -0.39 is 0 Å². The van der Waals surface area contributed by atoms with Gasteiger partial charge in [-0.1, -0.05) is 19.1 Å². The molecule has 4 heteroatoms. The maximum Gasteiger partial charge on any atom is 0.150 e. The molecule has 1 atom stereocenters. The normalized spacial score (nSPS) is 19.5. The summed E-state index contributed by atoms with van der Waals surface area (Å²) < 4.78 is 0. The van der Waals surface area contributed by atoms with Crippen LogP contribution in [0, 0.1) is 6.92 Å². The number of hydrogen-bond acceptors (Lipinski definition) is 4. The predicted octanol–water partition coefficient (Wildman–Crippen LogP) is 2.52. The van der Waals surface area contributed by atoms with Gasteiger partial charge in [0.15, 0.2) is 5.82 Å². The van der Waals surface area contributed by atoms with Crippen LogP contribution in [0.25, 0.3) is 11.0 Å². The van der Waals surface area contributed by atoms with Crippen LogP contribution in [0.4, 0.5) is 5.82 Å². The summed E-state index contributed by atoms with van der Waals surface area (Å²) in [5, 5.41) is 3.55. The van der Waals surface area contributed by atoms with E-state index in [1.54, 1.807) is 0 Å². The van der Waals surface area contributed by atoms with Crippen LogP contribution >= 0.6 is 0 Å². The van der Waals surface area contributed by atoms with E-state index in [-0.39, 0.29) is 0 Å². The summed E-state index contributed by atoms with van der Waals surface area (Å²) in [6.07, 6.45) is 2.47. The average molecular weight is 270 g/mol. The second-order valence-electron chi connectivity index (χ2n) is 5.46. The number of anilines is 1. The highest BCUT2D eigenvalue weighted by Gasteiger charge is 2.22. The van der Waals surface area contributed by atoms with Crippen molar-refractivity contribution in [3.8, 4) is 0 Å². The molecule has 0 bridgehead atoms. The van der Waals surface area contributed by atoms with E-state index in [1.807, 2.05) is 24.3 Å². The highest BCUT2D eigenvalue weighted by Crippen LogP contribution is 2.23. The third-order valence-electron chi connectivity index (χ3n) is 3.93. The van der Waals surface area contributed by atoms with Gasteiger partial charge in [-0.05, 0) is 38.4 Å². The van der Waals surface area contributed by atoms with Crippen LogP contribution in [-0.2, 0) is 0 Å². The SMILES string of the molecule is CCNC1CCCN(c2nc3ccccc3nc2C)C1. The lowest BCUT2D eigenvalue weighted by Gasteiger charge is -2.34. The van der Waals surface area contributed by atoms with Gasteiger partial charge in [-0.15, -0.1) is 0 Å². The zero-order valence-corrected chi connectivity index (χ0v) is 12.3. The van der Waals surface area contributed by atoms with Crippen molar-refractivity contribution in [2.24, 2.45) is 0 Å². The van der Waals surface area contributed by atoms with E-state index in [9.17, 15) is 0 Å². The number of para-hydroxylation sites is 2. The Kier molecular flexibility index (Phi) is 3.83. The molecule has 0 aliphatic carbocycles. The highest BCUT2D eigenvalue weighted by atomic mass is 15.2. The van der Waals surface area contributed by atoms with E-state index in [4.69, 9.17) is 9.97 Å². The second-order valence-corrected chi connectivity index (χ2v) is 5.46. The summed E-state index contributed by atoms with van der Waals surface area (Å²) in [5.41, 5.74) is 2.99. The van der Waals surface area contributed by atoms with Crippen LogP contribution in [-0.4, -0.2) is 35.6 Å². The zero-order chi connectivity index (χ0) is 13.9. The lowest BCUT2D eigenvalue weighted by atomic mass is 10.1. The van der Waals surface area contributed by atoms with Crippen molar-refractivity contribution in [1.29, 1.82) is 0 Å². The van der Waals surface area contributed by atoms with Gasteiger partial charge in [-0.2, -0.15) is 0 Å². The minimum absolute atomic E-state index is 0.571. The van der Waals surface area contributed by atoms with Crippen LogP contribution in [0.15, 0.2) is 24.3 Å². The second kappa shape index (κ2) is 5.75. The van der Waals surface area contributed by atoms with Crippen molar-refractivity contribution in [2.75, 3.05) is 24.5 Å². The van der Waals surface area contributed by atoms with Crippen molar-refractivity contribution < 1.29 is 0 Å². The molecule has 0 radical (unpaired) electrons. The third-order valence-corrected chi connectivity index (χ3v) is 3.93. The molecular weight excluding hydrogens is 248 g/mol. The van der Waals surface area contributed by atoms with Crippen molar-refractivity contribution in [1.82, 2.24) is 15.3 Å². The van der Waals surface area contributed by atoms with Crippen molar-refractivity contribution in [3.05, 3.63) is 30.0 Å². The first-order valence-electron chi connectivity index (χ1n) is 7.49. The van der Waals surface area contributed by atoms with E-state index >= 15 is 0 Å². The Morgan fingerprint density at radius 3 is 2.75 bits per heavy atom. The molecule has 1 aliphatic rings. The van der Waals surface area contributed by atoms with Gasteiger partial charge in [0.25, 0.3) is 0 Å². The van der Waals surface area contributed by atoms with Gasteiger partial charge in [0.2, 0.25) is 0 Å². The summed E-state index contributed by atoms with van der Waals surface area (Å²) in [6, 6.07) is 8.67. The number of aromatic nitrogens is 2. The van der Waals surface area contributed by atoms with Crippen molar-refractivity contribution in [2.45, 2.75) is 32.7 Å². The number of fused-ring (bicyclic) bond motifs is 1. The maximum absolute atomic E-state index is 4.83. The minimum atomic E-state index is 0.571. The average Bonchev–Trinajstić information content (AvgIpc) is 2.47. The molecule has 1 aromatic carbocycles. The van der Waals surface area contributed by atoms with Gasteiger partial charge in [0, 0.05) is 19.1 Å². The molecule has 20 heavy (non-hydrogen) atoms. The molecule has 2 aromatic rings. The summed E-state index contributed by atoms with van der Waals surface area (Å²) in [5.74, 6) is 1.05. The topological polar surface area (TPSA) is 41.0 Å². The number of nitrogens with one attached hydrogen (secondary N) is 1. The maximum atomic E-state index is 4.83. The van der Waals surface area contributed by atoms with Gasteiger partial charge in [-0.25, -0.2) is 9.97 Å². The fourth-order valence-electron chi connectivity index (χ4n) is 3.00. The van der Waals surface area contributed by atoms with E-state index in [1.165, 1.54) is 12.8 Å². The molecule has 2 heterocycles. The van der Waals surface area contributed by atoms with Gasteiger partial charge in [0.1, 0.15) is 0 Å². The van der Waals surface area contributed by atoms with Crippen LogP contribution in [0.2, 0.25) is 0 Å². The van der Waals surface area contributed by atoms with Gasteiger partial charge in [-0.3, -0.25) is 0 Å². The number of likely N-dealkylation sites (N-methyl/N-ethyl adjacent to an activating group) is 1. The number of hydrogen-bond donors (Lipinski definition) is 1. The Balaban J connectivity index is 1.90. The van der Waals surface area contributed by atoms with Crippen molar-refractivity contribution >= 4 is 16.9 Å². The first kappa shape index (κ1) is 13.3. The largest absolute Gasteiger partial charge is 0.354 e. The van der Waals surface area contributed by atoms with E-state index in [0.29, 0.717) is 6.04 Å². The Hall–Kier alpha value is -1.68. The summed E-state index contributed by atoms with van der Waals surface area (Å²) in [6.45, 7) is 7.37. The number of aryl methyl sites for hydroxylation is 1. The van der Waals surface area contributed by atoms with Gasteiger partial charge in [0.05, 0.1) is 16.7 Å². The monoisotopic (exact) mass is 270 g/mol. The predicted molar refractivity (Wildman–Crippen MR) is 83.2 cm³/mol. The lowest BCUT2D eigenvalue weighted by Crippen LogP contribution is -2.46. The Morgan fingerprint density at radius 2 is 2.00 bits per heavy atom. The molecule has 0 spiro atoms. The molecule has 1 N–H and O–H groups in total. The highest BCUT2D eigenvalue weighted by molar-refractivity contribution is 5.76. The summed E-state index contributed by atoms with van der Waals surface area (Å²) in [4.78, 5) is 11.9. The number of rotatable bonds is 3. The number of benzene rings is 1. The smallest absolute Gasteiger partial charge is 0.150 e. The molecule has 1 saturated heterocycles. The first-order chi connectivity index (χ1) is 9.78. The molecule has 1 unspecified atom stereocenters. The van der Waals surface area contributed by atoms with Gasteiger partial charge < -0.3 is 10.2 Å². The summed E-state index contributed by atoms with van der Waals surface area (Å²) in [7, 11) is 0. The molecule has 0 saturated carbocycles. The fourth-order valence-corrected chi connectivity index (χ4v) is 3.00. The standard InChI is InChI=1S/C16H22N4/c1-3-17-13-7-6-10-20(11-13)16-12(2)18-14-8-4-5-9-15(14)19-16/h4-5,8-9,13,17H,3,6-7,10-11H2,1-2H3. The Bertz CT molecular complexity index is 594. The molecule has 1 aliphatic heterocycles. The quantitative estimate of drug-likeness (QED) is 0.930. The zero-order valence-electron chi connectivity index (χ0n) is 12.3. The molecule has 0 amide bonds. The van der Waals surface area contributed by atoms with Crippen LogP contribution in [0.1, 0.15) is 25.5 Å².